The lowest BCUT2D eigenvalue weighted by molar-refractivity contribution is 0.681. The molecule has 2 aromatic rings. The fraction of sp³-hybridized carbons (Fsp3) is 0.400. The Morgan fingerprint density at radius 1 is 0.682 bits per heavy atom. The first-order valence-electron chi connectivity index (χ1n) is 8.23. The van der Waals surface area contributed by atoms with E-state index in [-0.39, 0.29) is 0 Å². The van der Waals surface area contributed by atoms with E-state index < -0.39 is 10.8 Å². The lowest BCUT2D eigenvalue weighted by atomic mass is 10.0. The highest BCUT2D eigenvalue weighted by atomic mass is 32.2. The first-order chi connectivity index (χ1) is 10.7. The van der Waals surface area contributed by atoms with Crippen LogP contribution in [0.1, 0.15) is 48.9 Å². The minimum Gasteiger partial charge on any atom is -0.259 e. The molecular weight excluding hydrogens is 288 g/mol. The number of rotatable bonds is 8. The number of benzene rings is 2. The van der Waals surface area contributed by atoms with E-state index in [9.17, 15) is 4.21 Å². The maximum absolute atomic E-state index is 12.6. The summed E-state index contributed by atoms with van der Waals surface area (Å²) in [5.41, 5.74) is 5.19. The van der Waals surface area contributed by atoms with Gasteiger partial charge in [-0.2, -0.15) is 0 Å². The molecule has 0 heterocycles. The molecule has 0 N–H and O–H groups in total. The zero-order valence-electron chi connectivity index (χ0n) is 13.7. The van der Waals surface area contributed by atoms with Crippen molar-refractivity contribution in [2.24, 2.45) is 0 Å². The summed E-state index contributed by atoms with van der Waals surface area (Å²) in [7, 11) is -0.850. The first-order valence-corrected chi connectivity index (χ1v) is 9.72. The molecule has 0 aliphatic carbocycles. The molecule has 0 bridgehead atoms. The molecule has 2 rings (SSSR count). The average Bonchev–Trinajstić information content (AvgIpc) is 2.52. The second-order valence-corrected chi connectivity index (χ2v) is 7.22. The van der Waals surface area contributed by atoms with Gasteiger partial charge < -0.3 is 0 Å². The molecule has 0 amide bonds. The van der Waals surface area contributed by atoms with Crippen molar-refractivity contribution in [1.29, 1.82) is 0 Å². The first kappa shape index (κ1) is 17.0. The van der Waals surface area contributed by atoms with E-state index in [0.29, 0.717) is 11.5 Å². The van der Waals surface area contributed by atoms with Gasteiger partial charge in [-0.05, 0) is 35.1 Å². The summed E-state index contributed by atoms with van der Waals surface area (Å²) < 4.78 is 12.6. The molecule has 1 nitrogen and oxygen atoms in total. The summed E-state index contributed by atoms with van der Waals surface area (Å²) in [4.78, 5) is 0. The van der Waals surface area contributed by atoms with Gasteiger partial charge in [-0.3, -0.25) is 4.21 Å². The number of aryl methyl sites for hydroxylation is 2. The van der Waals surface area contributed by atoms with Crippen molar-refractivity contribution in [2.75, 3.05) is 0 Å². The Labute approximate surface area is 137 Å². The van der Waals surface area contributed by atoms with Crippen LogP contribution >= 0.6 is 0 Å². The Kier molecular flexibility index (Phi) is 6.85. The topological polar surface area (TPSA) is 17.1 Å². The second kappa shape index (κ2) is 8.89. The van der Waals surface area contributed by atoms with Crippen molar-refractivity contribution in [3.8, 4) is 0 Å². The third-order valence-electron chi connectivity index (χ3n) is 3.91. The van der Waals surface area contributed by atoms with E-state index in [1.807, 2.05) is 0 Å². The van der Waals surface area contributed by atoms with Crippen LogP contribution in [0.3, 0.4) is 0 Å². The van der Waals surface area contributed by atoms with Crippen LogP contribution in [0.4, 0.5) is 0 Å². The molecule has 0 unspecified atom stereocenters. The Balaban J connectivity index is 2.08. The molecule has 0 atom stereocenters. The zero-order valence-corrected chi connectivity index (χ0v) is 14.5. The molecule has 0 aliphatic rings. The fourth-order valence-corrected chi connectivity index (χ4v) is 4.18. The van der Waals surface area contributed by atoms with Crippen molar-refractivity contribution >= 4 is 10.8 Å². The van der Waals surface area contributed by atoms with E-state index in [1.165, 1.54) is 22.3 Å². The van der Waals surface area contributed by atoms with Gasteiger partial charge in [-0.25, -0.2) is 0 Å². The molecule has 0 saturated carbocycles. The molecular formula is C20H26OS. The largest absolute Gasteiger partial charge is 0.259 e. The second-order valence-electron chi connectivity index (χ2n) is 5.77. The Morgan fingerprint density at radius 2 is 1.05 bits per heavy atom. The summed E-state index contributed by atoms with van der Waals surface area (Å²) in [5.74, 6) is 1.33. The van der Waals surface area contributed by atoms with E-state index in [0.717, 1.165) is 25.7 Å². The van der Waals surface area contributed by atoms with Gasteiger partial charge in [0.25, 0.3) is 0 Å². The summed E-state index contributed by atoms with van der Waals surface area (Å²) in [6.07, 6.45) is 4.39. The SMILES string of the molecule is CCCc1ccccc1CS(=O)Cc1ccccc1CCC. The van der Waals surface area contributed by atoms with Gasteiger partial charge in [0.15, 0.2) is 0 Å². The molecule has 0 aliphatic heterocycles. The van der Waals surface area contributed by atoms with E-state index in [4.69, 9.17) is 0 Å². The van der Waals surface area contributed by atoms with Crippen molar-refractivity contribution in [2.45, 2.75) is 51.0 Å². The quantitative estimate of drug-likeness (QED) is 0.667. The van der Waals surface area contributed by atoms with Gasteiger partial charge >= 0.3 is 0 Å². The van der Waals surface area contributed by atoms with E-state index in [1.54, 1.807) is 0 Å². The summed E-state index contributed by atoms with van der Waals surface area (Å²) >= 11 is 0. The lowest BCUT2D eigenvalue weighted by Gasteiger charge is -2.11. The third kappa shape index (κ3) is 4.81. The van der Waals surface area contributed by atoms with Crippen LogP contribution in [-0.4, -0.2) is 4.21 Å². The smallest absolute Gasteiger partial charge is 0.0491 e. The van der Waals surface area contributed by atoms with Crippen molar-refractivity contribution in [3.63, 3.8) is 0 Å². The predicted molar refractivity (Wildman–Crippen MR) is 96.4 cm³/mol. The van der Waals surface area contributed by atoms with Crippen molar-refractivity contribution < 1.29 is 4.21 Å². The minimum absolute atomic E-state index is 0.663. The van der Waals surface area contributed by atoms with Crippen LogP contribution in [0.15, 0.2) is 48.5 Å². The standard InChI is InChI=1S/C20H26OS/c1-3-9-17-11-5-7-13-19(17)15-22(21)16-20-14-8-6-12-18(20)10-4-2/h5-8,11-14H,3-4,9-10,15-16H2,1-2H3. The van der Waals surface area contributed by atoms with Crippen LogP contribution in [0.2, 0.25) is 0 Å². The van der Waals surface area contributed by atoms with Crippen LogP contribution in [0.5, 0.6) is 0 Å². The van der Waals surface area contributed by atoms with Gasteiger partial charge in [0.05, 0.1) is 0 Å². The van der Waals surface area contributed by atoms with Crippen LogP contribution in [-0.2, 0) is 35.1 Å². The molecule has 0 radical (unpaired) electrons. The molecule has 0 aromatic heterocycles. The maximum atomic E-state index is 12.6. The van der Waals surface area contributed by atoms with Crippen LogP contribution < -0.4 is 0 Å². The van der Waals surface area contributed by atoms with Crippen LogP contribution in [0.25, 0.3) is 0 Å². The normalized spacial score (nSPS) is 11.0. The summed E-state index contributed by atoms with van der Waals surface area (Å²) in [5, 5.41) is 0. The lowest BCUT2D eigenvalue weighted by Crippen LogP contribution is -2.04. The Hall–Kier alpha value is -1.41. The van der Waals surface area contributed by atoms with Gasteiger partial charge in [0.2, 0.25) is 0 Å². The highest BCUT2D eigenvalue weighted by Gasteiger charge is 2.09. The van der Waals surface area contributed by atoms with Crippen LogP contribution in [0, 0.1) is 0 Å². The third-order valence-corrected chi connectivity index (χ3v) is 5.17. The number of hydrogen-bond donors (Lipinski definition) is 0. The molecule has 0 spiro atoms. The van der Waals surface area contributed by atoms with Gasteiger partial charge in [-0.1, -0.05) is 75.2 Å². The van der Waals surface area contributed by atoms with Crippen molar-refractivity contribution in [3.05, 3.63) is 70.8 Å². The van der Waals surface area contributed by atoms with E-state index in [2.05, 4.69) is 62.4 Å². The van der Waals surface area contributed by atoms with Gasteiger partial charge in [0.1, 0.15) is 0 Å². The monoisotopic (exact) mass is 314 g/mol. The molecule has 0 fully saturated rings. The van der Waals surface area contributed by atoms with Gasteiger partial charge in [0, 0.05) is 22.3 Å². The Bertz CT molecular complexity index is 565. The summed E-state index contributed by atoms with van der Waals surface area (Å²) in [6, 6.07) is 16.8. The summed E-state index contributed by atoms with van der Waals surface area (Å²) in [6.45, 7) is 4.38. The molecule has 2 aromatic carbocycles. The van der Waals surface area contributed by atoms with E-state index >= 15 is 0 Å². The molecule has 0 saturated heterocycles. The minimum atomic E-state index is -0.850. The predicted octanol–water partition coefficient (Wildman–Crippen LogP) is 5.04. The molecule has 22 heavy (non-hydrogen) atoms. The van der Waals surface area contributed by atoms with Gasteiger partial charge in [-0.15, -0.1) is 0 Å². The van der Waals surface area contributed by atoms with Crippen molar-refractivity contribution in [1.82, 2.24) is 0 Å². The molecule has 118 valence electrons. The highest BCUT2D eigenvalue weighted by Crippen LogP contribution is 2.18. The molecule has 2 heteroatoms. The zero-order chi connectivity index (χ0) is 15.8. The fourth-order valence-electron chi connectivity index (χ4n) is 2.82. The maximum Gasteiger partial charge on any atom is 0.0491 e. The Morgan fingerprint density at radius 3 is 1.41 bits per heavy atom. The number of hydrogen-bond acceptors (Lipinski definition) is 1. The highest BCUT2D eigenvalue weighted by molar-refractivity contribution is 7.83. The average molecular weight is 314 g/mol.